The first-order valence-electron chi connectivity index (χ1n) is 9.53. The second-order valence-corrected chi connectivity index (χ2v) is 7.76. The lowest BCUT2D eigenvalue weighted by Gasteiger charge is -2.44. The topological polar surface area (TPSA) is 66.1 Å². The highest BCUT2D eigenvalue weighted by molar-refractivity contribution is 14.0. The quantitative estimate of drug-likeness (QED) is 0.259. The van der Waals surface area contributed by atoms with E-state index in [1.165, 1.54) is 25.7 Å². The first-order valence-corrected chi connectivity index (χ1v) is 9.53. The highest BCUT2D eigenvalue weighted by Gasteiger charge is 2.36. The molecule has 6 nitrogen and oxygen atoms in total. The summed E-state index contributed by atoms with van der Waals surface area (Å²) >= 11 is 0. The van der Waals surface area contributed by atoms with Gasteiger partial charge in [0.25, 0.3) is 0 Å². The summed E-state index contributed by atoms with van der Waals surface area (Å²) in [6.07, 6.45) is 6.16. The normalized spacial score (nSPS) is 28.6. The molecule has 0 aromatic rings. The van der Waals surface area contributed by atoms with Crippen LogP contribution < -0.4 is 11.1 Å². The monoisotopic (exact) mass is 467 g/mol. The van der Waals surface area contributed by atoms with Crippen LogP contribution in [0, 0.1) is 5.92 Å². The van der Waals surface area contributed by atoms with Crippen LogP contribution in [0.1, 0.15) is 39.0 Å². The molecule has 0 amide bonds. The minimum Gasteiger partial charge on any atom is -0.379 e. The van der Waals surface area contributed by atoms with Crippen molar-refractivity contribution in [1.29, 1.82) is 0 Å². The van der Waals surface area contributed by atoms with E-state index in [-0.39, 0.29) is 29.5 Å². The first kappa shape index (κ1) is 22.9. The third-order valence-electron chi connectivity index (χ3n) is 5.62. The van der Waals surface area contributed by atoms with Crippen molar-refractivity contribution in [2.24, 2.45) is 16.6 Å². The van der Waals surface area contributed by atoms with Gasteiger partial charge >= 0.3 is 0 Å². The molecule has 2 fully saturated rings. The fourth-order valence-corrected chi connectivity index (χ4v) is 3.96. The molecule has 2 unspecified atom stereocenters. The molecule has 148 valence electrons. The van der Waals surface area contributed by atoms with E-state index in [1.54, 1.807) is 0 Å². The maximum absolute atomic E-state index is 6.09. The zero-order chi connectivity index (χ0) is 17.4. The van der Waals surface area contributed by atoms with Gasteiger partial charge in [-0.2, -0.15) is 0 Å². The number of ether oxygens (including phenoxy) is 1. The summed E-state index contributed by atoms with van der Waals surface area (Å²) < 4.78 is 5.37. The van der Waals surface area contributed by atoms with Crippen molar-refractivity contribution in [2.75, 3.05) is 60.0 Å². The summed E-state index contributed by atoms with van der Waals surface area (Å²) in [5, 5.41) is 3.28. The van der Waals surface area contributed by atoms with E-state index in [2.05, 4.69) is 41.1 Å². The van der Waals surface area contributed by atoms with Gasteiger partial charge in [-0.1, -0.05) is 19.8 Å². The second kappa shape index (κ2) is 11.6. The first-order chi connectivity index (χ1) is 11.5. The Balaban J connectivity index is 0.00000312. The molecule has 0 radical (unpaired) electrons. The number of likely N-dealkylation sites (N-methyl/N-ethyl adjacent to an activating group) is 1. The SMILES string of the molecule is CC1CCCC(CN=C(N)NCCCN2CCOCC2)(N(C)C)C1.I. The molecule has 7 heteroatoms. The number of hydrogen-bond acceptors (Lipinski definition) is 4. The Labute approximate surface area is 170 Å². The van der Waals surface area contributed by atoms with E-state index in [0.29, 0.717) is 5.96 Å². The van der Waals surface area contributed by atoms with E-state index in [1.807, 2.05) is 0 Å². The molecule has 2 aliphatic rings. The summed E-state index contributed by atoms with van der Waals surface area (Å²) in [6.45, 7) is 8.96. The maximum Gasteiger partial charge on any atom is 0.188 e. The highest BCUT2D eigenvalue weighted by Crippen LogP contribution is 2.35. The van der Waals surface area contributed by atoms with Gasteiger partial charge in [-0.05, 0) is 45.8 Å². The number of aliphatic imine (C=N–C) groups is 1. The van der Waals surface area contributed by atoms with Crippen LogP contribution in [-0.2, 0) is 4.74 Å². The number of rotatable bonds is 7. The minimum atomic E-state index is 0. The molecule has 0 aromatic heterocycles. The Bertz CT molecular complexity index is 401. The Morgan fingerprint density at radius 2 is 2.08 bits per heavy atom. The largest absolute Gasteiger partial charge is 0.379 e. The van der Waals surface area contributed by atoms with E-state index in [0.717, 1.165) is 58.3 Å². The van der Waals surface area contributed by atoms with Crippen LogP contribution in [0.3, 0.4) is 0 Å². The molecule has 0 spiro atoms. The molecule has 25 heavy (non-hydrogen) atoms. The molecule has 1 saturated carbocycles. The summed E-state index contributed by atoms with van der Waals surface area (Å²) in [6, 6.07) is 0. The maximum atomic E-state index is 6.09. The van der Waals surface area contributed by atoms with Gasteiger partial charge in [0.05, 0.1) is 19.8 Å². The van der Waals surface area contributed by atoms with E-state index in [4.69, 9.17) is 10.5 Å². The van der Waals surface area contributed by atoms with Crippen molar-refractivity contribution in [2.45, 2.75) is 44.6 Å². The van der Waals surface area contributed by atoms with Crippen LogP contribution in [-0.4, -0.2) is 81.3 Å². The Morgan fingerprint density at radius 1 is 1.36 bits per heavy atom. The fraction of sp³-hybridized carbons (Fsp3) is 0.944. The van der Waals surface area contributed by atoms with Crippen molar-refractivity contribution in [3.63, 3.8) is 0 Å². The summed E-state index contributed by atoms with van der Waals surface area (Å²) in [4.78, 5) is 9.47. The molecule has 1 heterocycles. The smallest absolute Gasteiger partial charge is 0.188 e. The number of morpholine rings is 1. The lowest BCUT2D eigenvalue weighted by molar-refractivity contribution is 0.0376. The van der Waals surface area contributed by atoms with Gasteiger partial charge in [0.15, 0.2) is 5.96 Å². The van der Waals surface area contributed by atoms with Crippen LogP contribution >= 0.6 is 24.0 Å². The minimum absolute atomic E-state index is 0. The average molecular weight is 467 g/mol. The molecule has 0 bridgehead atoms. The van der Waals surface area contributed by atoms with Crippen molar-refractivity contribution < 1.29 is 4.74 Å². The Kier molecular flexibility index (Phi) is 10.6. The fourth-order valence-electron chi connectivity index (χ4n) is 3.96. The van der Waals surface area contributed by atoms with Crippen molar-refractivity contribution >= 4 is 29.9 Å². The van der Waals surface area contributed by atoms with E-state index in [9.17, 15) is 0 Å². The molecule has 1 saturated heterocycles. The predicted octanol–water partition coefficient (Wildman–Crippen LogP) is 1.74. The molecule has 2 rings (SSSR count). The lowest BCUT2D eigenvalue weighted by atomic mass is 9.75. The predicted molar refractivity (Wildman–Crippen MR) is 116 cm³/mol. The van der Waals surface area contributed by atoms with Gasteiger partial charge in [-0.3, -0.25) is 9.89 Å². The average Bonchev–Trinajstić information content (AvgIpc) is 2.58. The Hall–Kier alpha value is -0.120. The van der Waals surface area contributed by atoms with Crippen LogP contribution in [0.15, 0.2) is 4.99 Å². The number of guanidine groups is 1. The van der Waals surface area contributed by atoms with Crippen molar-refractivity contribution in [1.82, 2.24) is 15.1 Å². The zero-order valence-electron chi connectivity index (χ0n) is 16.3. The van der Waals surface area contributed by atoms with Gasteiger partial charge in [-0.25, -0.2) is 0 Å². The molecular formula is C18H38IN5O. The van der Waals surface area contributed by atoms with Crippen molar-refractivity contribution in [3.8, 4) is 0 Å². The van der Waals surface area contributed by atoms with Gasteiger partial charge in [0.2, 0.25) is 0 Å². The van der Waals surface area contributed by atoms with Crippen molar-refractivity contribution in [3.05, 3.63) is 0 Å². The van der Waals surface area contributed by atoms with Crippen LogP contribution in [0.25, 0.3) is 0 Å². The van der Waals surface area contributed by atoms with E-state index >= 15 is 0 Å². The number of nitrogens with zero attached hydrogens (tertiary/aromatic N) is 3. The third kappa shape index (κ3) is 7.56. The van der Waals surface area contributed by atoms with Gasteiger partial charge in [0, 0.05) is 25.2 Å². The zero-order valence-corrected chi connectivity index (χ0v) is 18.6. The molecule has 1 aliphatic carbocycles. The second-order valence-electron chi connectivity index (χ2n) is 7.76. The third-order valence-corrected chi connectivity index (χ3v) is 5.62. The van der Waals surface area contributed by atoms with Gasteiger partial charge in [0.1, 0.15) is 0 Å². The van der Waals surface area contributed by atoms with Gasteiger partial charge in [-0.15, -0.1) is 24.0 Å². The van der Waals surface area contributed by atoms with Crippen LogP contribution in [0.2, 0.25) is 0 Å². The lowest BCUT2D eigenvalue weighted by Crippen LogP contribution is -2.50. The number of nitrogens with one attached hydrogen (secondary N) is 1. The summed E-state index contributed by atoms with van der Waals surface area (Å²) in [7, 11) is 4.36. The Morgan fingerprint density at radius 3 is 2.72 bits per heavy atom. The van der Waals surface area contributed by atoms with E-state index < -0.39 is 0 Å². The molecule has 0 aromatic carbocycles. The molecule has 3 N–H and O–H groups in total. The van der Waals surface area contributed by atoms with Gasteiger partial charge < -0.3 is 20.7 Å². The summed E-state index contributed by atoms with van der Waals surface area (Å²) in [5.41, 5.74) is 6.27. The highest BCUT2D eigenvalue weighted by atomic mass is 127. The van der Waals surface area contributed by atoms with Crippen LogP contribution in [0.5, 0.6) is 0 Å². The number of hydrogen-bond donors (Lipinski definition) is 2. The molecule has 2 atom stereocenters. The molecular weight excluding hydrogens is 429 g/mol. The number of nitrogens with two attached hydrogens (primary N) is 1. The molecule has 1 aliphatic heterocycles. The van der Waals surface area contributed by atoms with Crippen LogP contribution in [0.4, 0.5) is 0 Å². The number of halogens is 1. The summed E-state index contributed by atoms with van der Waals surface area (Å²) in [5.74, 6) is 1.37. The standard InChI is InChI=1S/C18H37N5O.HI/c1-16-6-4-7-18(14-16,22(2)3)15-21-17(19)20-8-5-9-23-10-12-24-13-11-23;/h16H,4-15H2,1-3H3,(H3,19,20,21);1H.